The number of nitrogens with zero attached hydrogens (tertiary/aromatic N) is 2. The maximum atomic E-state index is 4.36. The van der Waals surface area contributed by atoms with Crippen LogP contribution < -0.4 is 9.80 Å². The number of hydrogen-bond donors (Lipinski definition) is 4. The second kappa shape index (κ2) is 14.9. The molecule has 0 aliphatic heterocycles. The summed E-state index contributed by atoms with van der Waals surface area (Å²) in [7, 11) is 0. The first-order valence-electron chi connectivity index (χ1n) is 9.77. The molecule has 0 heterocycles. The first kappa shape index (κ1) is 25.2. The molecule has 2 rings (SSSR count). The summed E-state index contributed by atoms with van der Waals surface area (Å²) in [5, 5.41) is 2.08. The van der Waals surface area contributed by atoms with Crippen molar-refractivity contribution < 1.29 is 14.4 Å². The van der Waals surface area contributed by atoms with Crippen LogP contribution in [0.4, 0.5) is 11.4 Å². The Bertz CT molecular complexity index is 611. The SMILES string of the molecule is SCCN(CCS)c1ccc([CH2][Ni][CH2]c2ccc(N(CCS)CCS)cc2)cc1. The van der Waals surface area contributed by atoms with Crippen LogP contribution in [0.15, 0.2) is 48.5 Å². The van der Waals surface area contributed by atoms with E-state index < -0.39 is 0 Å². The van der Waals surface area contributed by atoms with E-state index in [1.54, 1.807) is 14.4 Å². The Kier molecular flexibility index (Phi) is 12.9. The Morgan fingerprint density at radius 2 is 0.828 bits per heavy atom. The van der Waals surface area contributed by atoms with Crippen molar-refractivity contribution in [2.24, 2.45) is 0 Å². The quantitative estimate of drug-likeness (QED) is 0.214. The van der Waals surface area contributed by atoms with E-state index in [2.05, 4.69) is 109 Å². The number of hydrogen-bond acceptors (Lipinski definition) is 6. The van der Waals surface area contributed by atoms with Crippen LogP contribution in [-0.4, -0.2) is 49.2 Å². The van der Waals surface area contributed by atoms with Crippen molar-refractivity contribution in [2.75, 3.05) is 59.0 Å². The average molecular weight is 511 g/mol. The number of rotatable bonds is 14. The monoisotopic (exact) mass is 510 g/mol. The third-order valence-corrected chi connectivity index (χ3v) is 6.60. The molecule has 0 aliphatic rings. The summed E-state index contributed by atoms with van der Waals surface area (Å²) in [6, 6.07) is 17.9. The van der Waals surface area contributed by atoms with E-state index in [-0.39, 0.29) is 0 Å². The van der Waals surface area contributed by atoms with Crippen LogP contribution in [0, 0.1) is 0 Å². The third kappa shape index (κ3) is 8.90. The summed E-state index contributed by atoms with van der Waals surface area (Å²) in [6.07, 6.45) is 0. The molecule has 0 N–H and O–H groups in total. The van der Waals surface area contributed by atoms with E-state index in [0.29, 0.717) is 0 Å². The number of thiol groups is 4. The first-order chi connectivity index (χ1) is 14.2. The molecule has 7 heteroatoms. The normalized spacial score (nSPS) is 11.0. The van der Waals surface area contributed by atoms with Gasteiger partial charge >= 0.3 is 206 Å². The summed E-state index contributed by atoms with van der Waals surface area (Å²) in [5.41, 5.74) is 5.26. The van der Waals surface area contributed by atoms with Crippen LogP contribution in [-0.2, 0) is 25.2 Å². The molecule has 0 amide bonds. The second-order valence-electron chi connectivity index (χ2n) is 6.58. The van der Waals surface area contributed by atoms with Crippen molar-refractivity contribution in [3.8, 4) is 0 Å². The van der Waals surface area contributed by atoms with Gasteiger partial charge in [0.1, 0.15) is 0 Å². The van der Waals surface area contributed by atoms with E-state index in [9.17, 15) is 0 Å². The minimum absolute atomic E-state index is 0.853. The van der Waals surface area contributed by atoms with Crippen molar-refractivity contribution in [2.45, 2.75) is 10.8 Å². The van der Waals surface area contributed by atoms with E-state index in [0.717, 1.165) is 60.0 Å². The Morgan fingerprint density at radius 3 is 1.10 bits per heavy atom. The molecular weight excluding hydrogens is 479 g/mol. The molecule has 0 aliphatic carbocycles. The molecule has 0 bridgehead atoms. The molecule has 164 valence electrons. The number of anilines is 2. The van der Waals surface area contributed by atoms with Crippen molar-refractivity contribution >= 4 is 61.9 Å². The van der Waals surface area contributed by atoms with E-state index in [4.69, 9.17) is 0 Å². The molecule has 0 radical (unpaired) electrons. The zero-order chi connectivity index (χ0) is 20.9. The predicted molar refractivity (Wildman–Crippen MR) is 140 cm³/mol. The van der Waals surface area contributed by atoms with Crippen LogP contribution >= 0.6 is 50.5 Å². The molecule has 0 saturated carbocycles. The van der Waals surface area contributed by atoms with E-state index in [1.807, 2.05) is 0 Å². The van der Waals surface area contributed by atoms with Gasteiger partial charge in [-0.05, 0) is 0 Å². The van der Waals surface area contributed by atoms with E-state index >= 15 is 0 Å². The Labute approximate surface area is 204 Å². The Balaban J connectivity index is 1.84. The molecule has 0 saturated heterocycles. The summed E-state index contributed by atoms with van der Waals surface area (Å²) in [5.74, 6) is 3.41. The van der Waals surface area contributed by atoms with Gasteiger partial charge in [-0.15, -0.1) is 0 Å². The van der Waals surface area contributed by atoms with Gasteiger partial charge < -0.3 is 0 Å². The average Bonchev–Trinajstić information content (AvgIpc) is 2.74. The van der Waals surface area contributed by atoms with Gasteiger partial charge in [-0.3, -0.25) is 0 Å². The van der Waals surface area contributed by atoms with E-state index in [1.165, 1.54) is 22.5 Å². The predicted octanol–water partition coefficient (Wildman–Crippen LogP) is 4.80. The van der Waals surface area contributed by atoms with Gasteiger partial charge in [0.25, 0.3) is 0 Å². The third-order valence-electron chi connectivity index (χ3n) is 4.50. The molecular formula is C22H32N2NiS4. The minimum atomic E-state index is 0.853. The maximum absolute atomic E-state index is 4.36. The number of benzene rings is 2. The summed E-state index contributed by atoms with van der Waals surface area (Å²) in [4.78, 5) is 4.68. The zero-order valence-electron chi connectivity index (χ0n) is 16.7. The molecule has 0 spiro atoms. The molecule has 0 unspecified atom stereocenters. The van der Waals surface area contributed by atoms with Crippen LogP contribution in [0.1, 0.15) is 11.1 Å². The summed E-state index contributed by atoms with van der Waals surface area (Å²) < 4.78 is 0. The van der Waals surface area contributed by atoms with Gasteiger partial charge in [-0.25, -0.2) is 0 Å². The van der Waals surface area contributed by atoms with Crippen molar-refractivity contribution in [3.05, 3.63) is 59.7 Å². The Hall–Kier alpha value is -0.0665. The van der Waals surface area contributed by atoms with Crippen LogP contribution in [0.25, 0.3) is 0 Å². The van der Waals surface area contributed by atoms with Crippen molar-refractivity contribution in [1.29, 1.82) is 0 Å². The fourth-order valence-electron chi connectivity index (χ4n) is 3.01. The van der Waals surface area contributed by atoms with Gasteiger partial charge in [0.15, 0.2) is 0 Å². The molecule has 2 aromatic carbocycles. The van der Waals surface area contributed by atoms with Crippen LogP contribution in [0.5, 0.6) is 0 Å². The van der Waals surface area contributed by atoms with Gasteiger partial charge in [-0.1, -0.05) is 0 Å². The molecule has 29 heavy (non-hydrogen) atoms. The molecule has 0 fully saturated rings. The molecule has 2 nitrogen and oxygen atoms in total. The molecule has 2 aromatic rings. The first-order valence-corrected chi connectivity index (χ1v) is 13.7. The van der Waals surface area contributed by atoms with Crippen molar-refractivity contribution in [3.63, 3.8) is 0 Å². The summed E-state index contributed by atoms with van der Waals surface area (Å²) in [6.45, 7) is 3.81. The Morgan fingerprint density at radius 1 is 0.517 bits per heavy atom. The van der Waals surface area contributed by atoms with Gasteiger partial charge in [-0.2, -0.15) is 0 Å². The summed E-state index contributed by atoms with van der Waals surface area (Å²) >= 11 is 19.2. The van der Waals surface area contributed by atoms with Crippen LogP contribution in [0.2, 0.25) is 0 Å². The fraction of sp³-hybridized carbons (Fsp3) is 0.455. The van der Waals surface area contributed by atoms with Gasteiger partial charge in [0, 0.05) is 0 Å². The van der Waals surface area contributed by atoms with Gasteiger partial charge in [0.2, 0.25) is 0 Å². The topological polar surface area (TPSA) is 6.48 Å². The molecule has 0 aromatic heterocycles. The zero-order valence-corrected chi connectivity index (χ0v) is 21.3. The standard InChI is InChI=1S/2C11H16NS2.Ni/c2*1-10-2-4-11(5-3-10)12(6-8-13)7-9-14;/h2*2-5,13-14H,1,6-9H2;. The van der Waals surface area contributed by atoms with Gasteiger partial charge in [0.05, 0.1) is 0 Å². The second-order valence-corrected chi connectivity index (χ2v) is 9.56. The molecule has 0 atom stereocenters. The fourth-order valence-corrected chi connectivity index (χ4v) is 5.13. The van der Waals surface area contributed by atoms with Crippen LogP contribution in [0.3, 0.4) is 0 Å². The van der Waals surface area contributed by atoms with Crippen molar-refractivity contribution in [1.82, 2.24) is 0 Å².